The van der Waals surface area contributed by atoms with Crippen LogP contribution in [-0.2, 0) is 4.79 Å². The molecule has 4 nitrogen and oxygen atoms in total. The van der Waals surface area contributed by atoms with Crippen molar-refractivity contribution >= 4 is 22.8 Å². The van der Waals surface area contributed by atoms with E-state index in [9.17, 15) is 4.79 Å². The molecule has 0 aromatic heterocycles. The number of nitrogens with one attached hydrogen (secondary N) is 1. The summed E-state index contributed by atoms with van der Waals surface area (Å²) in [4.78, 5) is 14.1. The summed E-state index contributed by atoms with van der Waals surface area (Å²) in [5.74, 6) is 0.407. The Balaban J connectivity index is 1.98. The monoisotopic (exact) mass is 253 g/mol. The number of rotatable bonds is 4. The predicted octanol–water partition coefficient (Wildman–Crippen LogP) is 2.06. The van der Waals surface area contributed by atoms with E-state index in [1.54, 1.807) is 0 Å². The average Bonchev–Trinajstić information content (AvgIpc) is 3.12. The highest BCUT2D eigenvalue weighted by Crippen LogP contribution is 2.34. The van der Waals surface area contributed by atoms with Gasteiger partial charge in [0.15, 0.2) is 5.17 Å². The van der Waals surface area contributed by atoms with Crippen LogP contribution in [0.2, 0.25) is 0 Å². The predicted molar refractivity (Wildman–Crippen MR) is 70.8 cm³/mol. The minimum Gasteiger partial charge on any atom is -0.379 e. The molecule has 0 saturated heterocycles. The number of carbonyl (C=O) groups excluding carboxylic acids is 1. The van der Waals surface area contributed by atoms with Gasteiger partial charge in [0.1, 0.15) is 0 Å². The lowest BCUT2D eigenvalue weighted by atomic mass is 10.0. The van der Waals surface area contributed by atoms with Crippen molar-refractivity contribution in [3.8, 4) is 0 Å². The van der Waals surface area contributed by atoms with Crippen molar-refractivity contribution in [3.05, 3.63) is 11.8 Å². The van der Waals surface area contributed by atoms with Crippen LogP contribution in [0, 0.1) is 5.41 Å². The van der Waals surface area contributed by atoms with Crippen molar-refractivity contribution in [2.75, 3.05) is 5.75 Å². The molecule has 17 heavy (non-hydrogen) atoms. The molecule has 1 fully saturated rings. The summed E-state index contributed by atoms with van der Waals surface area (Å²) in [5.41, 5.74) is 6.47. The number of amidine groups is 1. The molecular formula is C12H19N3OS. The third kappa shape index (κ3) is 3.49. The zero-order valence-corrected chi connectivity index (χ0v) is 10.8. The zero-order chi connectivity index (χ0) is 12.3. The minimum absolute atomic E-state index is 0.0201. The number of allylic oxidation sites excluding steroid dienone is 2. The lowest BCUT2D eigenvalue weighted by molar-refractivity contribution is -0.127. The Morgan fingerprint density at radius 2 is 2.29 bits per heavy atom. The van der Waals surface area contributed by atoms with Crippen molar-refractivity contribution in [1.29, 1.82) is 5.41 Å². The SMILES string of the molecule is N=C(N)SCC(=O)N(C1=CCCCC1)C1CC1. The smallest absolute Gasteiger partial charge is 0.237 e. The second kappa shape index (κ2) is 5.58. The molecule has 2 aliphatic rings. The maximum Gasteiger partial charge on any atom is 0.237 e. The van der Waals surface area contributed by atoms with Crippen LogP contribution in [0.1, 0.15) is 38.5 Å². The lowest BCUT2D eigenvalue weighted by Gasteiger charge is -2.27. The van der Waals surface area contributed by atoms with Gasteiger partial charge in [0.25, 0.3) is 0 Å². The summed E-state index contributed by atoms with van der Waals surface area (Å²) in [7, 11) is 0. The van der Waals surface area contributed by atoms with Gasteiger partial charge in [0, 0.05) is 11.7 Å². The van der Waals surface area contributed by atoms with E-state index in [-0.39, 0.29) is 11.1 Å². The van der Waals surface area contributed by atoms with Gasteiger partial charge >= 0.3 is 0 Å². The van der Waals surface area contributed by atoms with E-state index in [2.05, 4.69) is 6.08 Å². The molecule has 3 N–H and O–H groups in total. The second-order valence-corrected chi connectivity index (χ2v) is 5.61. The maximum absolute atomic E-state index is 12.1. The van der Waals surface area contributed by atoms with Crippen LogP contribution in [0.5, 0.6) is 0 Å². The fourth-order valence-electron chi connectivity index (χ4n) is 2.18. The first-order valence-corrected chi connectivity index (χ1v) is 7.15. The Kier molecular flexibility index (Phi) is 4.10. The molecule has 0 aliphatic heterocycles. The summed E-state index contributed by atoms with van der Waals surface area (Å²) in [6.45, 7) is 0. The van der Waals surface area contributed by atoms with Crippen molar-refractivity contribution < 1.29 is 4.79 Å². The Hall–Kier alpha value is -0.970. The van der Waals surface area contributed by atoms with Gasteiger partial charge in [-0.15, -0.1) is 0 Å². The number of thioether (sulfide) groups is 1. The van der Waals surface area contributed by atoms with Crippen molar-refractivity contribution in [2.24, 2.45) is 5.73 Å². The van der Waals surface area contributed by atoms with E-state index in [1.165, 1.54) is 18.5 Å². The van der Waals surface area contributed by atoms with E-state index in [1.807, 2.05) is 4.90 Å². The fraction of sp³-hybridized carbons (Fsp3) is 0.667. The fourth-order valence-corrected chi connectivity index (χ4v) is 2.60. The summed E-state index contributed by atoms with van der Waals surface area (Å²) in [6, 6.07) is 0.416. The standard InChI is InChI=1S/C12H19N3OS/c13-12(14)17-8-11(16)15(10-6-7-10)9-4-2-1-3-5-9/h4,10H,1-3,5-8H2,(H3,13,14). The first-order valence-electron chi connectivity index (χ1n) is 6.16. The number of carbonyl (C=O) groups is 1. The van der Waals surface area contributed by atoms with Gasteiger partial charge in [-0.2, -0.15) is 0 Å². The Morgan fingerprint density at radius 3 is 2.82 bits per heavy atom. The van der Waals surface area contributed by atoms with Crippen molar-refractivity contribution in [3.63, 3.8) is 0 Å². The summed E-state index contributed by atoms with van der Waals surface area (Å²) < 4.78 is 0. The molecule has 1 saturated carbocycles. The molecule has 1 amide bonds. The minimum atomic E-state index is 0.0201. The van der Waals surface area contributed by atoms with Crippen LogP contribution < -0.4 is 5.73 Å². The van der Waals surface area contributed by atoms with Gasteiger partial charge in [-0.25, -0.2) is 0 Å². The molecule has 2 aliphatic carbocycles. The van der Waals surface area contributed by atoms with E-state index in [0.717, 1.165) is 37.4 Å². The molecular weight excluding hydrogens is 234 g/mol. The molecule has 0 aromatic rings. The van der Waals surface area contributed by atoms with Crippen LogP contribution in [0.15, 0.2) is 11.8 Å². The largest absolute Gasteiger partial charge is 0.379 e. The van der Waals surface area contributed by atoms with E-state index < -0.39 is 0 Å². The highest BCUT2D eigenvalue weighted by atomic mass is 32.2. The van der Waals surface area contributed by atoms with Gasteiger partial charge in [-0.05, 0) is 38.5 Å². The second-order valence-electron chi connectivity index (χ2n) is 4.59. The molecule has 0 radical (unpaired) electrons. The summed E-state index contributed by atoms with van der Waals surface area (Å²) in [6.07, 6.45) is 8.97. The molecule has 0 heterocycles. The molecule has 0 atom stereocenters. The Bertz CT molecular complexity index is 350. The highest BCUT2D eigenvalue weighted by Gasteiger charge is 2.34. The van der Waals surface area contributed by atoms with Crippen molar-refractivity contribution in [2.45, 2.75) is 44.6 Å². The Morgan fingerprint density at radius 1 is 1.53 bits per heavy atom. The van der Waals surface area contributed by atoms with Crippen LogP contribution in [0.4, 0.5) is 0 Å². The normalized spacial score (nSPS) is 19.6. The summed E-state index contributed by atoms with van der Waals surface area (Å²) in [5, 5.41) is 7.17. The molecule has 0 bridgehead atoms. The van der Waals surface area contributed by atoms with Gasteiger partial charge in [-0.3, -0.25) is 10.2 Å². The Labute approximate surface area is 106 Å². The maximum atomic E-state index is 12.1. The number of hydrogen-bond acceptors (Lipinski definition) is 3. The summed E-state index contributed by atoms with van der Waals surface area (Å²) >= 11 is 1.12. The molecule has 0 spiro atoms. The van der Waals surface area contributed by atoms with Crippen molar-refractivity contribution in [1.82, 2.24) is 4.90 Å². The topological polar surface area (TPSA) is 70.2 Å². The van der Waals surface area contributed by atoms with Gasteiger partial charge in [0.2, 0.25) is 5.91 Å². The third-order valence-corrected chi connectivity index (χ3v) is 3.81. The first-order chi connectivity index (χ1) is 8.18. The average molecular weight is 253 g/mol. The van der Waals surface area contributed by atoms with Crippen LogP contribution in [0.3, 0.4) is 0 Å². The zero-order valence-electron chi connectivity index (χ0n) is 9.95. The lowest BCUT2D eigenvalue weighted by Crippen LogP contribution is -2.35. The molecule has 0 aromatic carbocycles. The van der Waals surface area contributed by atoms with Crippen LogP contribution in [-0.4, -0.2) is 27.8 Å². The van der Waals surface area contributed by atoms with E-state index >= 15 is 0 Å². The highest BCUT2D eigenvalue weighted by molar-refractivity contribution is 8.14. The van der Waals surface area contributed by atoms with Crippen LogP contribution in [0.25, 0.3) is 0 Å². The molecule has 0 unspecified atom stereocenters. The van der Waals surface area contributed by atoms with Gasteiger partial charge in [-0.1, -0.05) is 17.8 Å². The number of nitrogens with two attached hydrogens (primary N) is 1. The van der Waals surface area contributed by atoms with Gasteiger partial charge < -0.3 is 10.6 Å². The van der Waals surface area contributed by atoms with E-state index in [4.69, 9.17) is 11.1 Å². The number of amides is 1. The third-order valence-electron chi connectivity index (χ3n) is 3.11. The molecule has 2 rings (SSSR count). The molecule has 94 valence electrons. The molecule has 5 heteroatoms. The number of hydrogen-bond donors (Lipinski definition) is 2. The van der Waals surface area contributed by atoms with Gasteiger partial charge in [0.05, 0.1) is 5.75 Å². The first kappa shape index (κ1) is 12.5. The van der Waals surface area contributed by atoms with Crippen LogP contribution >= 0.6 is 11.8 Å². The van der Waals surface area contributed by atoms with E-state index in [0.29, 0.717) is 11.8 Å². The number of nitrogens with zero attached hydrogens (tertiary/aromatic N) is 1. The quantitative estimate of drug-likeness (QED) is 0.595.